The van der Waals surface area contributed by atoms with E-state index in [1.165, 1.54) is 7.11 Å². The van der Waals surface area contributed by atoms with Crippen molar-refractivity contribution in [2.45, 2.75) is 51.5 Å². The van der Waals surface area contributed by atoms with Crippen molar-refractivity contribution >= 4 is 11.9 Å². The summed E-state index contributed by atoms with van der Waals surface area (Å²) in [4.78, 5) is 26.2. The Kier molecular flexibility index (Phi) is 5.62. The van der Waals surface area contributed by atoms with Crippen LogP contribution in [0.4, 0.5) is 0 Å². The van der Waals surface area contributed by atoms with E-state index in [1.54, 1.807) is 6.92 Å². The number of carbonyl (C=O) groups is 2. The van der Waals surface area contributed by atoms with Crippen LogP contribution in [0.25, 0.3) is 0 Å². The lowest BCUT2D eigenvalue weighted by molar-refractivity contribution is -0.146. The molecule has 0 spiro atoms. The average molecular weight is 334 g/mol. The molecule has 6 heteroatoms. The van der Waals surface area contributed by atoms with Gasteiger partial charge in [0, 0.05) is 0 Å². The van der Waals surface area contributed by atoms with Crippen molar-refractivity contribution in [2.75, 3.05) is 13.7 Å². The van der Waals surface area contributed by atoms with Crippen LogP contribution in [0.3, 0.4) is 0 Å². The van der Waals surface area contributed by atoms with Crippen LogP contribution < -0.4 is 5.32 Å². The Morgan fingerprint density at radius 1 is 1.29 bits per heavy atom. The number of amides is 1. The van der Waals surface area contributed by atoms with Crippen molar-refractivity contribution in [3.05, 3.63) is 35.9 Å². The van der Waals surface area contributed by atoms with Crippen molar-refractivity contribution in [2.24, 2.45) is 0 Å². The number of nitrogens with zero attached hydrogens (tertiary/aromatic N) is 1. The van der Waals surface area contributed by atoms with Gasteiger partial charge in [0.1, 0.15) is 11.8 Å². The largest absolute Gasteiger partial charge is 0.467 e. The van der Waals surface area contributed by atoms with Gasteiger partial charge in [-0.05, 0) is 33.3 Å². The summed E-state index contributed by atoms with van der Waals surface area (Å²) in [5.74, 6) is -0.695. The molecule has 1 aromatic carbocycles. The molecule has 0 unspecified atom stereocenters. The van der Waals surface area contributed by atoms with Gasteiger partial charge in [0.25, 0.3) is 0 Å². The molecule has 1 aliphatic heterocycles. The van der Waals surface area contributed by atoms with Crippen LogP contribution in [0, 0.1) is 0 Å². The molecule has 24 heavy (non-hydrogen) atoms. The highest BCUT2D eigenvalue weighted by molar-refractivity contribution is 5.87. The maximum absolute atomic E-state index is 12.6. The van der Waals surface area contributed by atoms with E-state index >= 15 is 0 Å². The van der Waals surface area contributed by atoms with Crippen molar-refractivity contribution < 1.29 is 19.1 Å². The summed E-state index contributed by atoms with van der Waals surface area (Å²) in [5.41, 5.74) is 0.523. The van der Waals surface area contributed by atoms with Gasteiger partial charge >= 0.3 is 5.97 Å². The minimum Gasteiger partial charge on any atom is -0.467 e. The summed E-state index contributed by atoms with van der Waals surface area (Å²) in [5, 5.41) is 2.71. The number of methoxy groups -OCH3 is 1. The number of hydrogen-bond donors (Lipinski definition) is 1. The molecule has 0 aliphatic carbocycles. The Bertz CT molecular complexity index is 588. The van der Waals surface area contributed by atoms with E-state index < -0.39 is 23.8 Å². The second-order valence-electron chi connectivity index (χ2n) is 6.52. The number of esters is 1. The van der Waals surface area contributed by atoms with Gasteiger partial charge in [-0.3, -0.25) is 9.69 Å². The number of nitrogens with one attached hydrogen (secondary N) is 1. The minimum absolute atomic E-state index is 0.0182. The molecule has 1 fully saturated rings. The predicted octanol–water partition coefficient (Wildman–Crippen LogP) is 1.86. The fourth-order valence-electron chi connectivity index (χ4n) is 3.18. The van der Waals surface area contributed by atoms with E-state index in [2.05, 4.69) is 10.1 Å². The summed E-state index contributed by atoms with van der Waals surface area (Å²) in [6, 6.07) is 8.81. The Balaban J connectivity index is 2.19. The lowest BCUT2D eigenvalue weighted by atomic mass is 10.0. The zero-order valence-corrected chi connectivity index (χ0v) is 14.9. The van der Waals surface area contributed by atoms with E-state index in [1.807, 2.05) is 56.0 Å². The molecule has 0 aromatic heterocycles. The minimum atomic E-state index is -0.688. The second-order valence-corrected chi connectivity index (χ2v) is 6.52. The van der Waals surface area contributed by atoms with Gasteiger partial charge in [-0.2, -0.15) is 0 Å². The molecule has 1 aromatic rings. The van der Waals surface area contributed by atoms with Crippen LogP contribution in [0.5, 0.6) is 0 Å². The highest BCUT2D eigenvalue weighted by atomic mass is 16.5. The van der Waals surface area contributed by atoms with Crippen LogP contribution in [-0.2, 0) is 19.1 Å². The molecule has 1 amide bonds. The number of benzene rings is 1. The van der Waals surface area contributed by atoms with Gasteiger partial charge in [0.2, 0.25) is 5.91 Å². The molecule has 1 saturated heterocycles. The molecule has 6 nitrogen and oxygen atoms in total. The lowest BCUT2D eigenvalue weighted by Gasteiger charge is -2.38. The maximum Gasteiger partial charge on any atom is 0.328 e. The van der Waals surface area contributed by atoms with E-state index in [-0.39, 0.29) is 11.9 Å². The molecular weight excluding hydrogens is 308 g/mol. The first-order valence-corrected chi connectivity index (χ1v) is 8.13. The fraction of sp³-hybridized carbons (Fsp3) is 0.556. The van der Waals surface area contributed by atoms with Crippen LogP contribution >= 0.6 is 0 Å². The van der Waals surface area contributed by atoms with Crippen molar-refractivity contribution in [3.63, 3.8) is 0 Å². The first-order valence-electron chi connectivity index (χ1n) is 8.13. The maximum atomic E-state index is 12.6. The smallest absolute Gasteiger partial charge is 0.328 e. The highest BCUT2D eigenvalue weighted by Gasteiger charge is 2.46. The second kappa shape index (κ2) is 7.32. The van der Waals surface area contributed by atoms with Gasteiger partial charge < -0.3 is 14.8 Å². The van der Waals surface area contributed by atoms with Crippen molar-refractivity contribution in [3.8, 4) is 0 Å². The van der Waals surface area contributed by atoms with Gasteiger partial charge in [-0.25, -0.2) is 4.79 Å². The SMILES string of the molecule is COC(=O)[C@H](C)NC(=O)[C@H](C)N1[C@H](c2ccccc2)COC1(C)C. The monoisotopic (exact) mass is 334 g/mol. The van der Waals surface area contributed by atoms with Crippen molar-refractivity contribution in [1.82, 2.24) is 10.2 Å². The van der Waals surface area contributed by atoms with E-state index in [4.69, 9.17) is 4.74 Å². The molecule has 1 aliphatic rings. The van der Waals surface area contributed by atoms with Gasteiger partial charge in [-0.1, -0.05) is 30.3 Å². The van der Waals surface area contributed by atoms with Crippen LogP contribution in [0.15, 0.2) is 30.3 Å². The molecule has 132 valence electrons. The van der Waals surface area contributed by atoms with Crippen molar-refractivity contribution in [1.29, 1.82) is 0 Å². The Labute approximate surface area is 143 Å². The predicted molar refractivity (Wildman–Crippen MR) is 90.1 cm³/mol. The fourth-order valence-corrected chi connectivity index (χ4v) is 3.18. The third kappa shape index (κ3) is 3.76. The first-order chi connectivity index (χ1) is 11.3. The molecule has 3 atom stereocenters. The van der Waals surface area contributed by atoms with Gasteiger partial charge in [-0.15, -0.1) is 0 Å². The Morgan fingerprint density at radius 2 is 1.92 bits per heavy atom. The molecular formula is C18H26N2O4. The van der Waals surface area contributed by atoms with E-state index in [0.29, 0.717) is 6.61 Å². The zero-order chi connectivity index (χ0) is 17.9. The molecule has 2 rings (SSSR count). The Morgan fingerprint density at radius 3 is 2.50 bits per heavy atom. The summed E-state index contributed by atoms with van der Waals surface area (Å²) in [7, 11) is 1.30. The number of ether oxygens (including phenoxy) is 2. The third-order valence-electron chi connectivity index (χ3n) is 4.45. The summed E-state index contributed by atoms with van der Waals surface area (Å²) < 4.78 is 10.6. The summed E-state index contributed by atoms with van der Waals surface area (Å²) in [6.07, 6.45) is 0. The molecule has 1 heterocycles. The quantitative estimate of drug-likeness (QED) is 0.833. The number of hydrogen-bond acceptors (Lipinski definition) is 5. The third-order valence-corrected chi connectivity index (χ3v) is 4.45. The average Bonchev–Trinajstić information content (AvgIpc) is 2.89. The van der Waals surface area contributed by atoms with Crippen LogP contribution in [-0.4, -0.2) is 48.3 Å². The Hall–Kier alpha value is -1.92. The zero-order valence-electron chi connectivity index (χ0n) is 14.9. The molecule has 1 N–H and O–H groups in total. The van der Waals surface area contributed by atoms with Crippen LogP contribution in [0.2, 0.25) is 0 Å². The summed E-state index contributed by atoms with van der Waals surface area (Å²) in [6.45, 7) is 7.84. The topological polar surface area (TPSA) is 67.9 Å². The highest BCUT2D eigenvalue weighted by Crippen LogP contribution is 2.38. The molecule has 0 bridgehead atoms. The normalized spacial score (nSPS) is 22.6. The summed E-state index contributed by atoms with van der Waals surface area (Å²) >= 11 is 0. The number of carbonyl (C=O) groups excluding carboxylic acids is 2. The molecule has 0 radical (unpaired) electrons. The van der Waals surface area contributed by atoms with Gasteiger partial charge in [0.05, 0.1) is 25.8 Å². The number of rotatable bonds is 5. The van der Waals surface area contributed by atoms with E-state index in [9.17, 15) is 9.59 Å². The van der Waals surface area contributed by atoms with Crippen LogP contribution in [0.1, 0.15) is 39.3 Å². The lowest BCUT2D eigenvalue weighted by Crippen LogP contribution is -2.54. The van der Waals surface area contributed by atoms with Gasteiger partial charge in [0.15, 0.2) is 0 Å². The van der Waals surface area contributed by atoms with E-state index in [0.717, 1.165) is 5.56 Å². The molecule has 0 saturated carbocycles. The first kappa shape index (κ1) is 18.4. The standard InChI is InChI=1S/C18H26N2O4/c1-12(17(22)23-5)19-16(21)13(2)20-15(11-24-18(20,3)4)14-9-7-6-8-10-14/h6-10,12-13,15H,11H2,1-5H3,(H,19,21)/t12-,13-,15-/m0/s1.